The third-order valence-corrected chi connectivity index (χ3v) is 8.69. The van der Waals surface area contributed by atoms with Crippen LogP contribution in [-0.2, 0) is 11.2 Å². The summed E-state index contributed by atoms with van der Waals surface area (Å²) >= 11 is 13.7. The number of allylic oxidation sites excluding steroid dienone is 2. The van der Waals surface area contributed by atoms with Crippen LogP contribution in [0, 0.1) is 0 Å². The molecule has 0 aromatic heterocycles. The van der Waals surface area contributed by atoms with E-state index in [1.807, 2.05) is 26.8 Å². The van der Waals surface area contributed by atoms with Gasteiger partial charge in [-0.15, -0.1) is 23.2 Å². The van der Waals surface area contributed by atoms with Crippen LogP contribution in [0.4, 0.5) is 0 Å². The summed E-state index contributed by atoms with van der Waals surface area (Å²) < 4.78 is 12.3. The number of fused-ring (bicyclic) bond motifs is 1. The first kappa shape index (κ1) is 22.0. The number of rotatable bonds is 0. The Kier molecular flexibility index (Phi) is 4.87. The van der Waals surface area contributed by atoms with Crippen LogP contribution in [0.25, 0.3) is 0 Å². The second-order valence-corrected chi connectivity index (χ2v) is 11.1. The van der Waals surface area contributed by atoms with E-state index in [0.29, 0.717) is 24.3 Å². The number of hydrogen-bond donors (Lipinski definition) is 1. The molecule has 0 unspecified atom stereocenters. The van der Waals surface area contributed by atoms with Gasteiger partial charge >= 0.3 is 0 Å². The van der Waals surface area contributed by atoms with Gasteiger partial charge in [0.1, 0.15) is 23.0 Å². The molecule has 5 nitrogen and oxygen atoms in total. The molecule has 0 saturated carbocycles. The number of Topliss-reactive ketones (excluding diaryl/α,β-unsaturated/α-hetero) is 2. The van der Waals surface area contributed by atoms with Crippen molar-refractivity contribution in [1.29, 1.82) is 0 Å². The predicted octanol–water partition coefficient (Wildman–Crippen LogP) is 5.29. The standard InChI is InChI=1S/C25H26Cl2O5/c1-13-5-4-6-14-9-15-17(31-12-14)10-16-19(20(15)28)22(30)24(27)11-18(26)23(2,3)32-25(24,8-7-13)21(16)29/h6-7,10,18,28H,4-5,8-9,11-12H2,1-3H3/b13-7+,14-6-/t18-,24+,25+/m1/s1. The first-order chi connectivity index (χ1) is 15.0. The predicted molar refractivity (Wildman–Crippen MR) is 122 cm³/mol. The summed E-state index contributed by atoms with van der Waals surface area (Å²) in [6.07, 6.45) is 6.34. The van der Waals surface area contributed by atoms with Crippen molar-refractivity contribution in [2.45, 2.75) is 74.3 Å². The number of halogens is 2. The van der Waals surface area contributed by atoms with Gasteiger partial charge in [-0.05, 0) is 51.7 Å². The molecule has 4 aliphatic carbocycles. The van der Waals surface area contributed by atoms with Crippen LogP contribution < -0.4 is 4.74 Å². The van der Waals surface area contributed by atoms with E-state index >= 15 is 0 Å². The molecule has 6 bridgehead atoms. The number of ether oxygens (including phenoxy) is 2. The number of alkyl halides is 2. The monoisotopic (exact) mass is 476 g/mol. The Morgan fingerprint density at radius 1 is 1.19 bits per heavy atom. The van der Waals surface area contributed by atoms with E-state index in [0.717, 1.165) is 24.0 Å². The number of phenols is 1. The highest BCUT2D eigenvalue weighted by atomic mass is 35.5. The van der Waals surface area contributed by atoms with Gasteiger partial charge in [0.25, 0.3) is 0 Å². The van der Waals surface area contributed by atoms with Gasteiger partial charge in [0.15, 0.2) is 17.2 Å². The molecule has 3 atom stereocenters. The molecule has 7 heteroatoms. The summed E-state index contributed by atoms with van der Waals surface area (Å²) in [5.74, 6) is -0.738. The first-order valence-electron chi connectivity index (χ1n) is 11.0. The van der Waals surface area contributed by atoms with Crippen LogP contribution in [0.15, 0.2) is 29.4 Å². The zero-order valence-electron chi connectivity index (χ0n) is 18.4. The Bertz CT molecular complexity index is 1120. The maximum absolute atomic E-state index is 14.1. The van der Waals surface area contributed by atoms with Crippen molar-refractivity contribution in [1.82, 2.24) is 0 Å². The highest BCUT2D eigenvalue weighted by molar-refractivity contribution is 6.45. The highest BCUT2D eigenvalue weighted by Crippen LogP contribution is 2.57. The molecule has 1 aromatic rings. The molecule has 170 valence electrons. The largest absolute Gasteiger partial charge is 0.507 e. The molecule has 0 amide bonds. The summed E-state index contributed by atoms with van der Waals surface area (Å²) in [6, 6.07) is 1.57. The summed E-state index contributed by atoms with van der Waals surface area (Å²) in [7, 11) is 0. The lowest BCUT2D eigenvalue weighted by Gasteiger charge is -2.56. The fraction of sp³-hybridized carbons (Fsp3) is 0.520. The molecule has 1 saturated heterocycles. The minimum Gasteiger partial charge on any atom is -0.507 e. The molecule has 7 aliphatic rings. The number of benzene rings is 1. The van der Waals surface area contributed by atoms with E-state index in [2.05, 4.69) is 6.08 Å². The normalized spacial score (nSPS) is 36.6. The number of carbonyl (C=O) groups excluding carboxylic acids is 2. The van der Waals surface area contributed by atoms with E-state index in [1.165, 1.54) is 0 Å². The van der Waals surface area contributed by atoms with Crippen LogP contribution in [0.1, 0.15) is 72.7 Å². The molecule has 3 heterocycles. The summed E-state index contributed by atoms with van der Waals surface area (Å²) in [5.41, 5.74) is 0.169. The summed E-state index contributed by atoms with van der Waals surface area (Å²) in [5, 5.41) is 10.6. The topological polar surface area (TPSA) is 72.8 Å². The number of phenolic OH excluding ortho intramolecular Hbond substituents is 1. The van der Waals surface area contributed by atoms with Crippen molar-refractivity contribution in [3.63, 3.8) is 0 Å². The van der Waals surface area contributed by atoms with Gasteiger partial charge in [-0.2, -0.15) is 0 Å². The van der Waals surface area contributed by atoms with E-state index < -0.39 is 33.0 Å². The smallest absolute Gasteiger partial charge is 0.198 e. The van der Waals surface area contributed by atoms with E-state index in [9.17, 15) is 14.7 Å². The molecule has 1 fully saturated rings. The molecular formula is C25H26Cl2O5. The van der Waals surface area contributed by atoms with Crippen molar-refractivity contribution < 1.29 is 24.2 Å². The van der Waals surface area contributed by atoms with Crippen molar-refractivity contribution in [2.24, 2.45) is 0 Å². The van der Waals surface area contributed by atoms with Crippen molar-refractivity contribution in [3.8, 4) is 11.5 Å². The number of carbonyl (C=O) groups is 2. The lowest BCUT2D eigenvalue weighted by Crippen LogP contribution is -2.72. The Balaban J connectivity index is 1.83. The van der Waals surface area contributed by atoms with Crippen LogP contribution in [0.5, 0.6) is 11.5 Å². The van der Waals surface area contributed by atoms with E-state index in [-0.39, 0.29) is 29.7 Å². The lowest BCUT2D eigenvalue weighted by atomic mass is 9.63. The second-order valence-electron chi connectivity index (χ2n) is 9.91. The van der Waals surface area contributed by atoms with Gasteiger partial charge in [-0.1, -0.05) is 17.7 Å². The van der Waals surface area contributed by atoms with Crippen LogP contribution in [-0.4, -0.2) is 44.7 Å². The first-order valence-corrected chi connectivity index (χ1v) is 11.8. The Labute approximate surface area is 197 Å². The average Bonchev–Trinajstić information content (AvgIpc) is 2.73. The SMILES string of the molecule is C/C1=C\C[C@@]23OC(C)(C)[C@H](Cl)C[C@]2(Cl)C(=O)c2c(cc4c(c2O)C/C(=C/CC1)CO4)C3=O. The zero-order valence-corrected chi connectivity index (χ0v) is 19.9. The van der Waals surface area contributed by atoms with E-state index in [1.54, 1.807) is 6.07 Å². The van der Waals surface area contributed by atoms with Gasteiger partial charge < -0.3 is 14.6 Å². The molecule has 32 heavy (non-hydrogen) atoms. The fourth-order valence-corrected chi connectivity index (χ4v) is 6.17. The number of hydrogen-bond acceptors (Lipinski definition) is 5. The van der Waals surface area contributed by atoms with Gasteiger partial charge in [0.05, 0.1) is 16.5 Å². The minimum atomic E-state index is -1.72. The highest BCUT2D eigenvalue weighted by Gasteiger charge is 2.70. The van der Waals surface area contributed by atoms with Gasteiger partial charge in [0, 0.05) is 24.0 Å². The maximum Gasteiger partial charge on any atom is 0.198 e. The van der Waals surface area contributed by atoms with Crippen LogP contribution in [0.3, 0.4) is 0 Å². The minimum absolute atomic E-state index is 0.0471. The second kappa shape index (κ2) is 7.09. The van der Waals surface area contributed by atoms with Crippen molar-refractivity contribution in [2.75, 3.05) is 6.61 Å². The van der Waals surface area contributed by atoms with Crippen LogP contribution >= 0.6 is 23.2 Å². The molecule has 8 rings (SSSR count). The summed E-state index contributed by atoms with van der Waals surface area (Å²) in [6.45, 7) is 6.01. The molecule has 3 aliphatic heterocycles. The zero-order chi connectivity index (χ0) is 23.1. The van der Waals surface area contributed by atoms with Gasteiger partial charge in [-0.25, -0.2) is 0 Å². The van der Waals surface area contributed by atoms with Crippen molar-refractivity contribution >= 4 is 34.8 Å². The third-order valence-electron chi connectivity index (χ3n) is 7.38. The molecule has 0 radical (unpaired) electrons. The molecular weight excluding hydrogens is 451 g/mol. The summed E-state index contributed by atoms with van der Waals surface area (Å²) in [4.78, 5) is 26.3. The molecule has 1 aromatic carbocycles. The van der Waals surface area contributed by atoms with Gasteiger partial charge in [0.2, 0.25) is 0 Å². The van der Waals surface area contributed by atoms with Crippen molar-refractivity contribution in [3.05, 3.63) is 46.1 Å². The fourth-order valence-electron chi connectivity index (χ4n) is 5.36. The Morgan fingerprint density at radius 3 is 2.69 bits per heavy atom. The average molecular weight is 477 g/mol. The number of aromatic hydroxyl groups is 1. The Morgan fingerprint density at radius 2 is 1.94 bits per heavy atom. The Hall–Kier alpha value is -1.82. The quantitative estimate of drug-likeness (QED) is 0.406. The maximum atomic E-state index is 14.1. The third kappa shape index (κ3) is 2.87. The lowest BCUT2D eigenvalue weighted by molar-refractivity contribution is -0.157. The van der Waals surface area contributed by atoms with E-state index in [4.69, 9.17) is 32.7 Å². The van der Waals surface area contributed by atoms with Crippen LogP contribution in [0.2, 0.25) is 0 Å². The molecule has 1 spiro atoms. The number of ketones is 2. The molecule has 1 N–H and O–H groups in total. The van der Waals surface area contributed by atoms with Gasteiger partial charge in [-0.3, -0.25) is 9.59 Å².